The third-order valence-corrected chi connectivity index (χ3v) is 2.66. The van der Waals surface area contributed by atoms with Crippen molar-refractivity contribution in [2.75, 3.05) is 13.2 Å². The number of hydrogen-bond acceptors (Lipinski definition) is 2. The summed E-state index contributed by atoms with van der Waals surface area (Å²) in [7, 11) is 0. The fourth-order valence-electron chi connectivity index (χ4n) is 1.01. The lowest BCUT2D eigenvalue weighted by Gasteiger charge is -2.38. The predicted molar refractivity (Wildman–Crippen MR) is 48.8 cm³/mol. The van der Waals surface area contributed by atoms with E-state index in [9.17, 15) is 0 Å². The van der Waals surface area contributed by atoms with E-state index in [0.717, 1.165) is 13.2 Å². The molecule has 0 aliphatic carbocycles. The molecule has 0 aromatic rings. The van der Waals surface area contributed by atoms with Crippen LogP contribution in [0, 0.1) is 5.92 Å². The van der Waals surface area contributed by atoms with E-state index in [-0.39, 0.29) is 6.97 Å². The molecule has 0 aromatic heterocycles. The van der Waals surface area contributed by atoms with E-state index in [2.05, 4.69) is 33.0 Å². The molecule has 1 aliphatic heterocycles. The number of ether oxygens (including phenoxy) is 1. The van der Waals surface area contributed by atoms with Gasteiger partial charge in [0.05, 0.1) is 19.3 Å². The van der Waals surface area contributed by atoms with Crippen LogP contribution >= 0.6 is 0 Å². The van der Waals surface area contributed by atoms with Gasteiger partial charge < -0.3 is 10.1 Å². The molecule has 0 spiro atoms. The van der Waals surface area contributed by atoms with Gasteiger partial charge in [0.15, 0.2) is 0 Å². The van der Waals surface area contributed by atoms with E-state index >= 15 is 0 Å². The molecule has 0 radical (unpaired) electrons. The topological polar surface area (TPSA) is 21.3 Å². The Kier molecular flexibility index (Phi) is 2.55. The molecule has 0 atom stereocenters. The monoisotopic (exact) mass is 159 g/mol. The standard InChI is InChI=1S/C9H19NO.H2/c1-7(2)9(3,4)10-8-5-11-6-8;/h7-8,10H,5-6H2,1-4H3;1H. The van der Waals surface area contributed by atoms with Crippen LogP contribution < -0.4 is 5.32 Å². The third-order valence-electron chi connectivity index (χ3n) is 2.66. The Hall–Kier alpha value is -0.0800. The minimum absolute atomic E-state index is 0. The van der Waals surface area contributed by atoms with Gasteiger partial charge in [-0.1, -0.05) is 13.8 Å². The van der Waals surface area contributed by atoms with Crippen molar-refractivity contribution in [3.05, 3.63) is 0 Å². The van der Waals surface area contributed by atoms with E-state index in [4.69, 9.17) is 4.74 Å². The maximum absolute atomic E-state index is 5.10. The molecule has 1 N–H and O–H groups in total. The summed E-state index contributed by atoms with van der Waals surface area (Å²) >= 11 is 0. The first-order valence-corrected chi connectivity index (χ1v) is 4.38. The summed E-state index contributed by atoms with van der Waals surface area (Å²) in [4.78, 5) is 0. The molecule has 1 fully saturated rings. The molecule has 0 saturated carbocycles. The number of nitrogens with one attached hydrogen (secondary N) is 1. The second-order valence-corrected chi connectivity index (χ2v) is 4.26. The lowest BCUT2D eigenvalue weighted by molar-refractivity contribution is -0.0207. The van der Waals surface area contributed by atoms with Gasteiger partial charge in [-0.05, 0) is 19.8 Å². The zero-order valence-electron chi connectivity index (χ0n) is 7.98. The Bertz CT molecular complexity index is 132. The zero-order chi connectivity index (χ0) is 8.48. The Balaban J connectivity index is 0.00000121. The van der Waals surface area contributed by atoms with Gasteiger partial charge in [-0.25, -0.2) is 0 Å². The highest BCUT2D eigenvalue weighted by Crippen LogP contribution is 2.17. The summed E-state index contributed by atoms with van der Waals surface area (Å²) in [6.45, 7) is 10.7. The molecule has 1 saturated heterocycles. The molecule has 68 valence electrons. The van der Waals surface area contributed by atoms with Crippen molar-refractivity contribution in [1.29, 1.82) is 0 Å². The molecular formula is C9H21NO. The van der Waals surface area contributed by atoms with Crippen molar-refractivity contribution in [2.24, 2.45) is 5.92 Å². The zero-order valence-corrected chi connectivity index (χ0v) is 7.98. The van der Waals surface area contributed by atoms with Gasteiger partial charge in [0.1, 0.15) is 0 Å². The van der Waals surface area contributed by atoms with Crippen LogP contribution in [0.25, 0.3) is 0 Å². The fraction of sp³-hybridized carbons (Fsp3) is 1.00. The van der Waals surface area contributed by atoms with Crippen LogP contribution in [0.15, 0.2) is 0 Å². The molecule has 0 amide bonds. The third kappa shape index (κ3) is 2.17. The van der Waals surface area contributed by atoms with Gasteiger partial charge in [0.25, 0.3) is 0 Å². The van der Waals surface area contributed by atoms with Crippen molar-refractivity contribution in [3.63, 3.8) is 0 Å². The quantitative estimate of drug-likeness (QED) is 0.676. The van der Waals surface area contributed by atoms with E-state index < -0.39 is 0 Å². The van der Waals surface area contributed by atoms with Crippen LogP contribution in [-0.4, -0.2) is 24.8 Å². The first-order chi connectivity index (χ1) is 5.02. The second-order valence-electron chi connectivity index (χ2n) is 4.26. The molecule has 0 aromatic carbocycles. The molecule has 1 rings (SSSR count). The van der Waals surface area contributed by atoms with Gasteiger partial charge in [-0.3, -0.25) is 0 Å². The van der Waals surface area contributed by atoms with Crippen LogP contribution in [0.3, 0.4) is 0 Å². The van der Waals surface area contributed by atoms with Gasteiger partial charge in [-0.15, -0.1) is 0 Å². The molecular weight excluding hydrogens is 138 g/mol. The van der Waals surface area contributed by atoms with Gasteiger partial charge >= 0.3 is 0 Å². The maximum atomic E-state index is 5.10. The Labute approximate surface area is 70.8 Å². The van der Waals surface area contributed by atoms with Gasteiger partial charge in [-0.2, -0.15) is 0 Å². The van der Waals surface area contributed by atoms with E-state index in [1.165, 1.54) is 0 Å². The normalized spacial score (nSPS) is 20.5. The first kappa shape index (κ1) is 9.01. The molecule has 11 heavy (non-hydrogen) atoms. The number of rotatable bonds is 3. The summed E-state index contributed by atoms with van der Waals surface area (Å²) in [5.41, 5.74) is 0.244. The number of hydrogen-bond donors (Lipinski definition) is 1. The van der Waals surface area contributed by atoms with Crippen molar-refractivity contribution < 1.29 is 6.16 Å². The van der Waals surface area contributed by atoms with Gasteiger partial charge in [0.2, 0.25) is 0 Å². The maximum Gasteiger partial charge on any atom is 0.0643 e. The average molecular weight is 159 g/mol. The average Bonchev–Trinajstić information content (AvgIpc) is 1.79. The van der Waals surface area contributed by atoms with Crippen molar-refractivity contribution >= 4 is 0 Å². The van der Waals surface area contributed by atoms with E-state index in [1.54, 1.807) is 0 Å². The summed E-state index contributed by atoms with van der Waals surface area (Å²) in [6.07, 6.45) is 0. The largest absolute Gasteiger partial charge is 0.378 e. The molecule has 0 bridgehead atoms. The summed E-state index contributed by atoms with van der Waals surface area (Å²) in [5.74, 6) is 0.670. The Morgan fingerprint density at radius 1 is 1.45 bits per heavy atom. The second kappa shape index (κ2) is 3.11. The van der Waals surface area contributed by atoms with Crippen molar-refractivity contribution in [2.45, 2.75) is 39.3 Å². The first-order valence-electron chi connectivity index (χ1n) is 4.38. The molecule has 2 nitrogen and oxygen atoms in total. The summed E-state index contributed by atoms with van der Waals surface area (Å²) in [5, 5.41) is 3.57. The fourth-order valence-corrected chi connectivity index (χ4v) is 1.01. The van der Waals surface area contributed by atoms with Gasteiger partial charge in [0, 0.05) is 6.97 Å². The smallest absolute Gasteiger partial charge is 0.0643 e. The SMILES string of the molecule is CC(C)C(C)(C)NC1COC1.[HH]. The van der Waals surface area contributed by atoms with E-state index in [1.807, 2.05) is 0 Å². The Morgan fingerprint density at radius 3 is 2.27 bits per heavy atom. The molecule has 2 heteroatoms. The van der Waals surface area contributed by atoms with Crippen LogP contribution in [0.5, 0.6) is 0 Å². The van der Waals surface area contributed by atoms with Crippen molar-refractivity contribution in [3.8, 4) is 0 Å². The van der Waals surface area contributed by atoms with Crippen molar-refractivity contribution in [1.82, 2.24) is 5.32 Å². The Morgan fingerprint density at radius 2 is 2.00 bits per heavy atom. The lowest BCUT2D eigenvalue weighted by atomic mass is 9.89. The predicted octanol–water partition coefficient (Wildman–Crippen LogP) is 1.66. The van der Waals surface area contributed by atoms with Crippen LogP contribution in [0.4, 0.5) is 0 Å². The van der Waals surface area contributed by atoms with E-state index in [0.29, 0.717) is 12.0 Å². The van der Waals surface area contributed by atoms with Crippen LogP contribution in [0.1, 0.15) is 29.1 Å². The van der Waals surface area contributed by atoms with Crippen LogP contribution in [0.2, 0.25) is 0 Å². The highest BCUT2D eigenvalue weighted by Gasteiger charge is 2.28. The lowest BCUT2D eigenvalue weighted by Crippen LogP contribution is -2.56. The summed E-state index contributed by atoms with van der Waals surface area (Å²) < 4.78 is 5.10. The molecule has 0 unspecified atom stereocenters. The highest BCUT2D eigenvalue weighted by molar-refractivity contribution is 4.87. The molecule has 1 aliphatic rings. The highest BCUT2D eigenvalue weighted by atomic mass is 16.5. The minimum Gasteiger partial charge on any atom is -0.378 e. The van der Waals surface area contributed by atoms with Crippen LogP contribution in [-0.2, 0) is 4.74 Å². The summed E-state index contributed by atoms with van der Waals surface area (Å²) in [6, 6.07) is 0.590. The molecule has 1 heterocycles. The minimum atomic E-state index is 0.